The number of nitrogens with zero attached hydrogens (tertiary/aromatic N) is 5. The third kappa shape index (κ3) is 5.33. The highest BCUT2D eigenvalue weighted by Crippen LogP contribution is 2.29. The van der Waals surface area contributed by atoms with Crippen molar-refractivity contribution in [1.29, 1.82) is 0 Å². The number of alkyl halides is 2. The van der Waals surface area contributed by atoms with Gasteiger partial charge in [0.05, 0.1) is 42.2 Å². The standard InChI is InChI=1S/C26H31F3N6O3/c1-16(20-3-2-4-21(23(20)27)24(28)29)32-26(37)17-11-22(25-30-15-31-35(25)12-17)33-7-5-18(6-8-33)34-9-10-38-19(13-34)14-36/h2-4,11-12,15-16,18-19,24,36H,5-10,13-14H2,1H3,(H,32,37)/t16-,19-/m1/s1. The van der Waals surface area contributed by atoms with E-state index in [4.69, 9.17) is 4.74 Å². The summed E-state index contributed by atoms with van der Waals surface area (Å²) in [6.07, 6.45) is 1.69. The zero-order chi connectivity index (χ0) is 26.8. The van der Waals surface area contributed by atoms with Gasteiger partial charge < -0.3 is 20.1 Å². The Balaban J connectivity index is 1.31. The van der Waals surface area contributed by atoms with E-state index < -0.39 is 29.8 Å². The third-order valence-electron chi connectivity index (χ3n) is 7.42. The second-order valence-corrected chi connectivity index (χ2v) is 9.78. The van der Waals surface area contributed by atoms with Crippen molar-refractivity contribution in [3.8, 4) is 0 Å². The van der Waals surface area contributed by atoms with Crippen LogP contribution in [0.1, 0.15) is 53.7 Å². The Morgan fingerprint density at radius 2 is 2.00 bits per heavy atom. The molecule has 2 N–H and O–H groups in total. The maximum Gasteiger partial charge on any atom is 0.266 e. The summed E-state index contributed by atoms with van der Waals surface area (Å²) < 4.78 is 48.0. The van der Waals surface area contributed by atoms with Crippen molar-refractivity contribution in [1.82, 2.24) is 24.8 Å². The summed E-state index contributed by atoms with van der Waals surface area (Å²) in [5.41, 5.74) is 0.989. The molecular weight excluding hydrogens is 501 g/mol. The summed E-state index contributed by atoms with van der Waals surface area (Å²) in [5.74, 6) is -1.49. The number of aliphatic hydroxyl groups excluding tert-OH is 1. The van der Waals surface area contributed by atoms with E-state index in [1.165, 1.54) is 23.0 Å². The second-order valence-electron chi connectivity index (χ2n) is 9.78. The minimum atomic E-state index is -2.95. The molecule has 0 bridgehead atoms. The topological polar surface area (TPSA) is 95.2 Å². The number of anilines is 1. The summed E-state index contributed by atoms with van der Waals surface area (Å²) in [5, 5.41) is 16.4. The first-order chi connectivity index (χ1) is 18.4. The Bertz CT molecular complexity index is 1280. The Hall–Kier alpha value is -3.22. The van der Waals surface area contributed by atoms with Crippen molar-refractivity contribution >= 4 is 17.2 Å². The number of pyridine rings is 1. The monoisotopic (exact) mass is 532 g/mol. The van der Waals surface area contributed by atoms with Gasteiger partial charge in [-0.1, -0.05) is 18.2 Å². The van der Waals surface area contributed by atoms with E-state index >= 15 is 0 Å². The van der Waals surface area contributed by atoms with E-state index in [9.17, 15) is 23.1 Å². The molecular formula is C26H31F3N6O3. The molecule has 12 heteroatoms. The van der Waals surface area contributed by atoms with Gasteiger partial charge in [-0.05, 0) is 25.8 Å². The molecule has 9 nitrogen and oxygen atoms in total. The number of halogens is 3. The van der Waals surface area contributed by atoms with Gasteiger partial charge in [0.25, 0.3) is 12.3 Å². The van der Waals surface area contributed by atoms with Gasteiger partial charge in [0.1, 0.15) is 12.1 Å². The zero-order valence-corrected chi connectivity index (χ0v) is 21.1. The molecule has 2 aliphatic heterocycles. The van der Waals surface area contributed by atoms with Gasteiger partial charge in [-0.2, -0.15) is 5.10 Å². The van der Waals surface area contributed by atoms with Gasteiger partial charge in [0.2, 0.25) is 0 Å². The maximum absolute atomic E-state index is 14.6. The van der Waals surface area contributed by atoms with Gasteiger partial charge in [-0.25, -0.2) is 22.7 Å². The van der Waals surface area contributed by atoms with Crippen molar-refractivity contribution in [2.45, 2.75) is 44.4 Å². The number of piperidine rings is 1. The van der Waals surface area contributed by atoms with Crippen molar-refractivity contribution in [3.63, 3.8) is 0 Å². The van der Waals surface area contributed by atoms with Crippen LogP contribution in [0.15, 0.2) is 36.8 Å². The quantitative estimate of drug-likeness (QED) is 0.483. The number of nitrogens with one attached hydrogen (secondary N) is 1. The van der Waals surface area contributed by atoms with E-state index in [1.807, 2.05) is 0 Å². The molecule has 0 unspecified atom stereocenters. The van der Waals surface area contributed by atoms with Crippen LogP contribution in [0, 0.1) is 5.82 Å². The number of amides is 1. The van der Waals surface area contributed by atoms with Gasteiger partial charge >= 0.3 is 0 Å². The van der Waals surface area contributed by atoms with Gasteiger partial charge in [0, 0.05) is 44.0 Å². The third-order valence-corrected chi connectivity index (χ3v) is 7.42. The molecule has 2 saturated heterocycles. The van der Waals surface area contributed by atoms with Crippen molar-refractivity contribution < 1.29 is 27.8 Å². The van der Waals surface area contributed by atoms with Crippen LogP contribution < -0.4 is 10.2 Å². The highest BCUT2D eigenvalue weighted by Gasteiger charge is 2.30. The summed E-state index contributed by atoms with van der Waals surface area (Å²) >= 11 is 0. The van der Waals surface area contributed by atoms with Gasteiger partial charge in [-0.15, -0.1) is 0 Å². The molecule has 0 aliphatic carbocycles. The van der Waals surface area contributed by atoms with E-state index in [0.717, 1.165) is 44.2 Å². The minimum Gasteiger partial charge on any atom is -0.394 e. The smallest absolute Gasteiger partial charge is 0.266 e. The predicted molar refractivity (Wildman–Crippen MR) is 134 cm³/mol. The van der Waals surface area contributed by atoms with Crippen molar-refractivity contribution in [2.24, 2.45) is 0 Å². The molecule has 5 rings (SSSR count). The molecule has 2 atom stereocenters. The van der Waals surface area contributed by atoms with Crippen molar-refractivity contribution in [2.75, 3.05) is 44.3 Å². The Morgan fingerprint density at radius 3 is 2.74 bits per heavy atom. The molecule has 1 aromatic carbocycles. The summed E-state index contributed by atoms with van der Waals surface area (Å²) in [6.45, 7) is 5.23. The first kappa shape index (κ1) is 26.4. The molecule has 4 heterocycles. The van der Waals surface area contributed by atoms with Crippen LogP contribution in [-0.4, -0.2) is 82.1 Å². The molecule has 2 fully saturated rings. The lowest BCUT2D eigenvalue weighted by Crippen LogP contribution is -2.52. The fourth-order valence-corrected chi connectivity index (χ4v) is 5.35. The van der Waals surface area contributed by atoms with E-state index in [2.05, 4.69) is 25.2 Å². The maximum atomic E-state index is 14.6. The van der Waals surface area contributed by atoms with Crippen molar-refractivity contribution in [3.05, 3.63) is 59.3 Å². The second kappa shape index (κ2) is 11.3. The predicted octanol–water partition coefficient (Wildman–Crippen LogP) is 2.96. The number of hydrogen-bond acceptors (Lipinski definition) is 7. The number of carbonyl (C=O) groups is 1. The number of fused-ring (bicyclic) bond motifs is 1. The highest BCUT2D eigenvalue weighted by atomic mass is 19.3. The Labute approximate surface area is 218 Å². The first-order valence-corrected chi connectivity index (χ1v) is 12.8. The average molecular weight is 533 g/mol. The molecule has 1 amide bonds. The summed E-state index contributed by atoms with van der Waals surface area (Å²) in [6, 6.07) is 5.07. The van der Waals surface area contributed by atoms with Crippen LogP contribution in [0.2, 0.25) is 0 Å². The van der Waals surface area contributed by atoms with E-state index in [0.29, 0.717) is 30.4 Å². The largest absolute Gasteiger partial charge is 0.394 e. The van der Waals surface area contributed by atoms with Crippen LogP contribution in [0.5, 0.6) is 0 Å². The lowest BCUT2D eigenvalue weighted by Gasteiger charge is -2.42. The molecule has 0 saturated carbocycles. The number of rotatable bonds is 7. The molecule has 204 valence electrons. The first-order valence-electron chi connectivity index (χ1n) is 12.8. The lowest BCUT2D eigenvalue weighted by atomic mass is 10.0. The lowest BCUT2D eigenvalue weighted by molar-refractivity contribution is -0.0671. The molecule has 0 spiro atoms. The summed E-state index contributed by atoms with van der Waals surface area (Å²) in [7, 11) is 0. The fraction of sp³-hybridized carbons (Fsp3) is 0.500. The van der Waals surface area contributed by atoms with E-state index in [-0.39, 0.29) is 18.3 Å². The minimum absolute atomic E-state index is 0.00757. The Morgan fingerprint density at radius 1 is 1.24 bits per heavy atom. The average Bonchev–Trinajstić information content (AvgIpc) is 3.41. The number of morpholine rings is 1. The number of benzene rings is 1. The van der Waals surface area contributed by atoms with E-state index in [1.54, 1.807) is 19.2 Å². The number of carbonyl (C=O) groups excluding carboxylic acids is 1. The van der Waals surface area contributed by atoms with Gasteiger partial charge in [0.15, 0.2) is 5.65 Å². The fourth-order valence-electron chi connectivity index (χ4n) is 5.35. The number of aromatic nitrogens is 3. The summed E-state index contributed by atoms with van der Waals surface area (Å²) in [4.78, 5) is 22.1. The molecule has 0 radical (unpaired) electrons. The molecule has 38 heavy (non-hydrogen) atoms. The zero-order valence-electron chi connectivity index (χ0n) is 21.1. The molecule has 2 aliphatic rings. The molecule has 2 aromatic heterocycles. The van der Waals surface area contributed by atoms with Gasteiger partial charge in [-0.3, -0.25) is 9.69 Å². The molecule has 3 aromatic rings. The SMILES string of the molecule is C[C@@H](NC(=O)c1cc(N2CCC(N3CCO[C@@H](CO)C3)CC2)c2ncnn2c1)c1cccc(C(F)F)c1F. The van der Waals surface area contributed by atoms with Crippen LogP contribution >= 0.6 is 0 Å². The van der Waals surface area contributed by atoms with Crippen LogP contribution in [0.25, 0.3) is 5.65 Å². The Kier molecular flexibility index (Phi) is 7.82. The number of hydrogen-bond donors (Lipinski definition) is 2. The number of ether oxygens (including phenoxy) is 1. The van der Waals surface area contributed by atoms with Crippen LogP contribution in [-0.2, 0) is 4.74 Å². The highest BCUT2D eigenvalue weighted by molar-refractivity contribution is 5.96. The van der Waals surface area contributed by atoms with Crippen LogP contribution in [0.3, 0.4) is 0 Å². The normalized spacial score (nSPS) is 20.3. The van der Waals surface area contributed by atoms with Crippen LogP contribution in [0.4, 0.5) is 18.9 Å². The number of aliphatic hydroxyl groups is 1.